The third-order valence-corrected chi connectivity index (χ3v) is 4.29. The Bertz CT molecular complexity index is 682. The topological polar surface area (TPSA) is 70.2 Å². The van der Waals surface area contributed by atoms with Gasteiger partial charge < -0.3 is 4.74 Å². The van der Waals surface area contributed by atoms with Crippen molar-refractivity contribution >= 4 is 21.6 Å². The van der Waals surface area contributed by atoms with Crippen LogP contribution in [0.1, 0.15) is 23.9 Å². The molecule has 0 saturated carbocycles. The normalized spacial score (nSPS) is 10.7. The lowest BCUT2D eigenvalue weighted by Crippen LogP contribution is -2.05. The molecule has 1 aromatic carbocycles. The molecular weight excluding hydrogens is 338 g/mol. The van der Waals surface area contributed by atoms with E-state index in [1.807, 2.05) is 27.0 Å². The van der Waals surface area contributed by atoms with Crippen LogP contribution in [0.4, 0.5) is 5.69 Å². The number of aryl methyl sites for hydroxylation is 3. The molecule has 2 rings (SSSR count). The van der Waals surface area contributed by atoms with Gasteiger partial charge in [-0.3, -0.25) is 14.8 Å². The standard InChI is InChI=1S/C14H16BrN3O3/c1-4-10-5-6-13(11(7-10)18(19)20)21-8-12-14(15)9(2)16-17(12)3/h5-7H,4,8H2,1-3H3. The summed E-state index contributed by atoms with van der Waals surface area (Å²) in [5.41, 5.74) is 2.59. The second-order valence-corrected chi connectivity index (χ2v) is 5.46. The summed E-state index contributed by atoms with van der Waals surface area (Å²) in [5.74, 6) is 0.267. The first-order valence-electron chi connectivity index (χ1n) is 6.52. The van der Waals surface area contributed by atoms with E-state index in [0.29, 0.717) is 0 Å². The van der Waals surface area contributed by atoms with Gasteiger partial charge >= 0.3 is 5.69 Å². The van der Waals surface area contributed by atoms with Gasteiger partial charge in [-0.1, -0.05) is 13.0 Å². The van der Waals surface area contributed by atoms with Gasteiger partial charge in [-0.2, -0.15) is 5.10 Å². The van der Waals surface area contributed by atoms with Crippen molar-refractivity contribution in [3.05, 3.63) is 49.7 Å². The van der Waals surface area contributed by atoms with E-state index in [1.54, 1.807) is 16.8 Å². The van der Waals surface area contributed by atoms with E-state index in [-0.39, 0.29) is 18.0 Å². The van der Waals surface area contributed by atoms with E-state index >= 15 is 0 Å². The Morgan fingerprint density at radius 3 is 2.71 bits per heavy atom. The van der Waals surface area contributed by atoms with Crippen LogP contribution in [0.15, 0.2) is 22.7 Å². The van der Waals surface area contributed by atoms with Gasteiger partial charge in [-0.15, -0.1) is 0 Å². The number of nitro groups is 1. The largest absolute Gasteiger partial charge is 0.480 e. The van der Waals surface area contributed by atoms with E-state index in [0.717, 1.165) is 27.8 Å². The molecule has 0 aliphatic carbocycles. The maximum atomic E-state index is 11.1. The number of benzene rings is 1. The van der Waals surface area contributed by atoms with Crippen LogP contribution in [0.3, 0.4) is 0 Å². The van der Waals surface area contributed by atoms with Crippen LogP contribution in [0.2, 0.25) is 0 Å². The first-order valence-corrected chi connectivity index (χ1v) is 7.31. The number of nitrogens with zero attached hydrogens (tertiary/aromatic N) is 3. The Morgan fingerprint density at radius 2 is 2.19 bits per heavy atom. The molecule has 0 spiro atoms. The predicted molar refractivity (Wildman–Crippen MR) is 82.5 cm³/mol. The minimum Gasteiger partial charge on any atom is -0.480 e. The maximum absolute atomic E-state index is 11.1. The molecule has 0 unspecified atom stereocenters. The first-order chi connectivity index (χ1) is 9.93. The second kappa shape index (κ2) is 6.26. The highest BCUT2D eigenvalue weighted by Crippen LogP contribution is 2.30. The molecule has 0 N–H and O–H groups in total. The lowest BCUT2D eigenvalue weighted by atomic mass is 10.1. The molecule has 0 atom stereocenters. The van der Waals surface area contributed by atoms with Gasteiger partial charge in [0.05, 0.1) is 20.8 Å². The van der Waals surface area contributed by atoms with E-state index in [1.165, 1.54) is 0 Å². The molecule has 7 heteroatoms. The molecule has 0 saturated heterocycles. The smallest absolute Gasteiger partial charge is 0.311 e. The van der Waals surface area contributed by atoms with Crippen molar-refractivity contribution in [3.8, 4) is 5.75 Å². The molecular formula is C14H16BrN3O3. The third-order valence-electron chi connectivity index (χ3n) is 3.25. The van der Waals surface area contributed by atoms with Gasteiger partial charge in [0.25, 0.3) is 0 Å². The summed E-state index contributed by atoms with van der Waals surface area (Å²) in [6.07, 6.45) is 0.744. The van der Waals surface area contributed by atoms with Crippen molar-refractivity contribution in [1.82, 2.24) is 9.78 Å². The number of ether oxygens (including phenoxy) is 1. The molecule has 112 valence electrons. The highest BCUT2D eigenvalue weighted by atomic mass is 79.9. The number of aromatic nitrogens is 2. The zero-order valence-electron chi connectivity index (χ0n) is 12.1. The van der Waals surface area contributed by atoms with Gasteiger partial charge in [0.15, 0.2) is 5.75 Å². The molecule has 6 nitrogen and oxygen atoms in total. The van der Waals surface area contributed by atoms with E-state index in [2.05, 4.69) is 21.0 Å². The fraction of sp³-hybridized carbons (Fsp3) is 0.357. The van der Waals surface area contributed by atoms with Gasteiger partial charge in [0.2, 0.25) is 0 Å². The van der Waals surface area contributed by atoms with Crippen molar-refractivity contribution in [1.29, 1.82) is 0 Å². The molecule has 0 bridgehead atoms. The SMILES string of the molecule is CCc1ccc(OCc2c(Br)c(C)nn2C)c([N+](=O)[O-])c1. The number of rotatable bonds is 5. The van der Waals surface area contributed by atoms with Crippen molar-refractivity contribution < 1.29 is 9.66 Å². The highest BCUT2D eigenvalue weighted by molar-refractivity contribution is 9.10. The molecule has 0 aliphatic rings. The van der Waals surface area contributed by atoms with Crippen molar-refractivity contribution in [2.75, 3.05) is 0 Å². The second-order valence-electron chi connectivity index (χ2n) is 4.67. The summed E-state index contributed by atoms with van der Waals surface area (Å²) in [6.45, 7) is 4.05. The zero-order valence-corrected chi connectivity index (χ0v) is 13.7. The maximum Gasteiger partial charge on any atom is 0.311 e. The minimum absolute atomic E-state index is 0.00985. The van der Waals surface area contributed by atoms with Gasteiger partial charge in [-0.25, -0.2) is 0 Å². The number of nitro benzene ring substituents is 1. The van der Waals surface area contributed by atoms with Crippen LogP contribution < -0.4 is 4.74 Å². The average Bonchev–Trinajstić information content (AvgIpc) is 2.70. The minimum atomic E-state index is -0.419. The van der Waals surface area contributed by atoms with Gasteiger partial charge in [-0.05, 0) is 40.9 Å². The molecule has 1 heterocycles. The lowest BCUT2D eigenvalue weighted by Gasteiger charge is -2.08. The van der Waals surface area contributed by atoms with Crippen LogP contribution in [0.25, 0.3) is 0 Å². The Hall–Kier alpha value is -1.89. The first kappa shape index (κ1) is 15.5. The fourth-order valence-electron chi connectivity index (χ4n) is 2.03. The Labute approximate surface area is 131 Å². The monoisotopic (exact) mass is 353 g/mol. The molecule has 0 amide bonds. The third kappa shape index (κ3) is 3.24. The average molecular weight is 354 g/mol. The number of halogens is 1. The summed E-state index contributed by atoms with van der Waals surface area (Å²) < 4.78 is 8.19. The van der Waals surface area contributed by atoms with E-state index in [4.69, 9.17) is 4.74 Å². The summed E-state index contributed by atoms with van der Waals surface area (Å²) in [7, 11) is 1.81. The van der Waals surface area contributed by atoms with E-state index in [9.17, 15) is 10.1 Å². The van der Waals surface area contributed by atoms with Crippen LogP contribution >= 0.6 is 15.9 Å². The summed E-state index contributed by atoms with van der Waals surface area (Å²) >= 11 is 3.45. The van der Waals surface area contributed by atoms with Crippen LogP contribution in [-0.2, 0) is 20.1 Å². The summed E-state index contributed by atoms with van der Waals surface area (Å²) in [6, 6.07) is 5.04. The van der Waals surface area contributed by atoms with E-state index < -0.39 is 4.92 Å². The van der Waals surface area contributed by atoms with Gasteiger partial charge in [0.1, 0.15) is 6.61 Å². The predicted octanol–water partition coefficient (Wildman–Crippen LogP) is 3.54. The Morgan fingerprint density at radius 1 is 1.48 bits per heavy atom. The molecule has 1 aromatic heterocycles. The molecule has 21 heavy (non-hydrogen) atoms. The highest BCUT2D eigenvalue weighted by Gasteiger charge is 2.18. The van der Waals surface area contributed by atoms with Crippen molar-refractivity contribution in [2.45, 2.75) is 26.9 Å². The molecule has 0 radical (unpaired) electrons. The van der Waals surface area contributed by atoms with Crippen LogP contribution in [0, 0.1) is 17.0 Å². The number of hydrogen-bond donors (Lipinski definition) is 0. The van der Waals surface area contributed by atoms with Crippen molar-refractivity contribution in [2.24, 2.45) is 7.05 Å². The Balaban J connectivity index is 2.25. The fourth-order valence-corrected chi connectivity index (χ4v) is 2.48. The molecule has 0 fully saturated rings. The summed E-state index contributed by atoms with van der Waals surface area (Å²) in [5, 5.41) is 15.4. The lowest BCUT2D eigenvalue weighted by molar-refractivity contribution is -0.386. The zero-order chi connectivity index (χ0) is 15.6. The summed E-state index contributed by atoms with van der Waals surface area (Å²) in [4.78, 5) is 10.7. The van der Waals surface area contributed by atoms with Crippen LogP contribution in [-0.4, -0.2) is 14.7 Å². The number of hydrogen-bond acceptors (Lipinski definition) is 4. The molecule has 0 aliphatic heterocycles. The van der Waals surface area contributed by atoms with Crippen molar-refractivity contribution in [3.63, 3.8) is 0 Å². The Kier molecular flexibility index (Phi) is 4.62. The van der Waals surface area contributed by atoms with Gasteiger partial charge in [0, 0.05) is 13.1 Å². The molecule has 2 aromatic rings. The van der Waals surface area contributed by atoms with Crippen LogP contribution in [0.5, 0.6) is 5.75 Å². The quantitative estimate of drug-likeness (QED) is 0.608.